The molecule has 0 radical (unpaired) electrons. The van der Waals surface area contributed by atoms with Crippen LogP contribution in [0.4, 0.5) is 0 Å². The van der Waals surface area contributed by atoms with Gasteiger partial charge < -0.3 is 25.0 Å². The lowest BCUT2D eigenvalue weighted by Gasteiger charge is -2.22. The summed E-state index contributed by atoms with van der Waals surface area (Å²) in [6.45, 7) is 19.0. The quantitative estimate of drug-likeness (QED) is 0.0868. The van der Waals surface area contributed by atoms with Gasteiger partial charge in [0.25, 0.3) is 0 Å². The molecule has 0 spiro atoms. The van der Waals surface area contributed by atoms with E-state index in [1.54, 1.807) is 0 Å². The van der Waals surface area contributed by atoms with E-state index in [1.165, 1.54) is 0 Å². The third kappa shape index (κ3) is 21.8. The van der Waals surface area contributed by atoms with Crippen LogP contribution in [-0.2, 0) is 19.1 Å². The zero-order chi connectivity index (χ0) is 30.4. The average molecular weight is 567 g/mol. The highest BCUT2D eigenvalue weighted by Crippen LogP contribution is 2.19. The van der Waals surface area contributed by atoms with E-state index in [0.29, 0.717) is 44.3 Å². The fourth-order valence-corrected chi connectivity index (χ4v) is 4.06. The summed E-state index contributed by atoms with van der Waals surface area (Å²) in [7, 11) is 0. The van der Waals surface area contributed by atoms with Gasteiger partial charge >= 0.3 is 11.9 Å². The number of rotatable bonds is 24. The molecule has 0 aromatic carbocycles. The van der Waals surface area contributed by atoms with Gasteiger partial charge in [-0.1, -0.05) is 32.1 Å². The minimum Gasteiger partial charge on any atom is -0.455 e. The predicted octanol–water partition coefficient (Wildman–Crippen LogP) is 4.81. The number of aliphatic hydroxyl groups is 2. The second kappa shape index (κ2) is 21.7. The number of hydrogen-bond donors (Lipinski definition) is 3. The zero-order valence-electron chi connectivity index (χ0n) is 26.1. The summed E-state index contributed by atoms with van der Waals surface area (Å²) in [5.41, 5.74) is -1.32. The van der Waals surface area contributed by atoms with E-state index in [4.69, 9.17) is 19.7 Å². The van der Waals surface area contributed by atoms with Crippen molar-refractivity contribution in [3.63, 3.8) is 0 Å². The van der Waals surface area contributed by atoms with Gasteiger partial charge in [0.15, 0.2) is 0 Å². The van der Waals surface area contributed by atoms with Crippen molar-refractivity contribution in [1.82, 2.24) is 10.2 Å². The van der Waals surface area contributed by atoms with Crippen LogP contribution < -0.4 is 5.32 Å². The van der Waals surface area contributed by atoms with Gasteiger partial charge in [0.1, 0.15) is 11.2 Å². The summed E-state index contributed by atoms with van der Waals surface area (Å²) in [5, 5.41) is 21.4. The Morgan fingerprint density at radius 1 is 0.875 bits per heavy atom. The molecule has 232 valence electrons. The van der Waals surface area contributed by atoms with Crippen LogP contribution in [0, 0.1) is 11.8 Å². The molecule has 1 unspecified atom stereocenters. The summed E-state index contributed by atoms with van der Waals surface area (Å²) in [6, 6.07) is 0. The second-order valence-corrected chi connectivity index (χ2v) is 11.8. The van der Waals surface area contributed by atoms with E-state index in [9.17, 15) is 9.59 Å². The minimum absolute atomic E-state index is 0.0757. The van der Waals surface area contributed by atoms with Crippen molar-refractivity contribution >= 4 is 11.9 Å². The van der Waals surface area contributed by atoms with Crippen molar-refractivity contribution < 1.29 is 29.3 Å². The number of allylic oxidation sites excluding steroid dienone is 3. The standard InChI is InChI=1S/C32H58N2O6/c1-8-28(13-9-10-18-31(4,5)39-29(37)16-15-27(2)3)14-11-19-32(6,7)40-30(38)17-21-33-20-12-22-34(23-25-35)24-26-36/h8,10-11,18-19,27-28,33,35-36H,1,9,12-17,20-26H2,2-7H3/b18-10+,19-11-. The van der Waals surface area contributed by atoms with Gasteiger partial charge in [-0.15, -0.1) is 6.58 Å². The number of carbonyl (C=O) groups excluding carboxylic acids is 2. The molecule has 0 saturated carbocycles. The first kappa shape index (κ1) is 38.0. The topological polar surface area (TPSA) is 108 Å². The van der Waals surface area contributed by atoms with Gasteiger partial charge in [-0.3, -0.25) is 14.5 Å². The Kier molecular flexibility index (Phi) is 20.6. The van der Waals surface area contributed by atoms with Gasteiger partial charge in [-0.25, -0.2) is 0 Å². The predicted molar refractivity (Wildman–Crippen MR) is 163 cm³/mol. The highest BCUT2D eigenvalue weighted by Gasteiger charge is 2.20. The maximum Gasteiger partial charge on any atom is 0.307 e. The number of nitrogens with zero attached hydrogens (tertiary/aromatic N) is 1. The van der Waals surface area contributed by atoms with Crippen LogP contribution >= 0.6 is 0 Å². The van der Waals surface area contributed by atoms with Crippen molar-refractivity contribution in [3.05, 3.63) is 37.0 Å². The summed E-state index contributed by atoms with van der Waals surface area (Å²) in [6.07, 6.45) is 15.0. The molecule has 0 rings (SSSR count). The molecule has 0 bridgehead atoms. The molecule has 1 atom stereocenters. The van der Waals surface area contributed by atoms with E-state index in [1.807, 2.05) is 56.9 Å². The van der Waals surface area contributed by atoms with E-state index in [2.05, 4.69) is 31.8 Å². The Morgan fingerprint density at radius 2 is 1.45 bits per heavy atom. The van der Waals surface area contributed by atoms with Crippen LogP contribution in [0.15, 0.2) is 37.0 Å². The molecule has 0 fully saturated rings. The van der Waals surface area contributed by atoms with Crippen LogP contribution in [0.25, 0.3) is 0 Å². The monoisotopic (exact) mass is 566 g/mol. The normalized spacial score (nSPS) is 13.4. The molecule has 3 N–H and O–H groups in total. The average Bonchev–Trinajstić information content (AvgIpc) is 2.85. The number of hydrogen-bond acceptors (Lipinski definition) is 8. The van der Waals surface area contributed by atoms with Crippen LogP contribution in [-0.4, -0.2) is 84.2 Å². The maximum atomic E-state index is 12.3. The van der Waals surface area contributed by atoms with Gasteiger partial charge in [0.2, 0.25) is 0 Å². The molecule has 8 nitrogen and oxygen atoms in total. The molecule has 0 aromatic heterocycles. The molecular weight excluding hydrogens is 508 g/mol. The first-order valence-corrected chi connectivity index (χ1v) is 14.9. The fourth-order valence-electron chi connectivity index (χ4n) is 4.06. The van der Waals surface area contributed by atoms with Crippen molar-refractivity contribution in [2.24, 2.45) is 11.8 Å². The number of ether oxygens (including phenoxy) is 2. The Morgan fingerprint density at radius 3 is 2.00 bits per heavy atom. The molecule has 0 aliphatic rings. The summed E-state index contributed by atoms with van der Waals surface area (Å²) >= 11 is 0. The lowest BCUT2D eigenvalue weighted by molar-refractivity contribution is -0.153. The Bertz CT molecular complexity index is 755. The molecule has 0 aliphatic heterocycles. The van der Waals surface area contributed by atoms with E-state index >= 15 is 0 Å². The molecule has 40 heavy (non-hydrogen) atoms. The molecule has 8 heteroatoms. The first-order valence-electron chi connectivity index (χ1n) is 14.9. The van der Waals surface area contributed by atoms with E-state index < -0.39 is 11.2 Å². The minimum atomic E-state index is -0.693. The molecule has 0 heterocycles. The van der Waals surface area contributed by atoms with E-state index in [-0.39, 0.29) is 25.2 Å². The highest BCUT2D eigenvalue weighted by molar-refractivity contribution is 5.70. The van der Waals surface area contributed by atoms with Gasteiger partial charge in [0, 0.05) is 26.1 Å². The summed E-state index contributed by atoms with van der Waals surface area (Å²) in [5.74, 6) is 0.362. The molecule has 0 aliphatic carbocycles. The second-order valence-electron chi connectivity index (χ2n) is 11.8. The van der Waals surface area contributed by atoms with Crippen LogP contribution in [0.1, 0.15) is 86.5 Å². The van der Waals surface area contributed by atoms with Gasteiger partial charge in [-0.2, -0.15) is 0 Å². The Hall–Kier alpha value is -2.00. The summed E-state index contributed by atoms with van der Waals surface area (Å²) in [4.78, 5) is 26.3. The number of carbonyl (C=O) groups is 2. The van der Waals surface area contributed by atoms with E-state index in [0.717, 1.165) is 45.2 Å². The molecule has 0 amide bonds. The lowest BCUT2D eigenvalue weighted by atomic mass is 9.97. The van der Waals surface area contributed by atoms with Gasteiger partial charge in [0.05, 0.1) is 19.6 Å². The van der Waals surface area contributed by atoms with Crippen LogP contribution in [0.2, 0.25) is 0 Å². The largest absolute Gasteiger partial charge is 0.455 e. The third-order valence-electron chi connectivity index (χ3n) is 6.36. The molecule has 0 aromatic rings. The van der Waals surface area contributed by atoms with Crippen molar-refractivity contribution in [1.29, 1.82) is 0 Å². The van der Waals surface area contributed by atoms with Crippen molar-refractivity contribution in [2.75, 3.05) is 45.9 Å². The third-order valence-corrected chi connectivity index (χ3v) is 6.36. The van der Waals surface area contributed by atoms with Gasteiger partial charge in [-0.05, 0) is 96.9 Å². The number of aliphatic hydroxyl groups excluding tert-OH is 2. The Balaban J connectivity index is 4.32. The van der Waals surface area contributed by atoms with Crippen LogP contribution in [0.5, 0.6) is 0 Å². The lowest BCUT2D eigenvalue weighted by Crippen LogP contribution is -2.33. The summed E-state index contributed by atoms with van der Waals surface area (Å²) < 4.78 is 11.3. The fraction of sp³-hybridized carbons (Fsp3) is 0.750. The smallest absolute Gasteiger partial charge is 0.307 e. The molecule has 0 saturated heterocycles. The maximum absolute atomic E-state index is 12.3. The first-order chi connectivity index (χ1) is 18.8. The highest BCUT2D eigenvalue weighted by atomic mass is 16.6. The Labute approximate surface area is 243 Å². The SMILES string of the molecule is C=CC(C/C=C\C(C)(C)OC(=O)CCNCCCN(CCO)CCO)CC/C=C/C(C)(C)OC(=O)CCC(C)C. The number of nitrogens with one attached hydrogen (secondary N) is 1. The number of esters is 2. The van der Waals surface area contributed by atoms with Crippen molar-refractivity contribution in [3.8, 4) is 0 Å². The van der Waals surface area contributed by atoms with Crippen LogP contribution in [0.3, 0.4) is 0 Å². The zero-order valence-corrected chi connectivity index (χ0v) is 26.1. The molecular formula is C32H58N2O6. The van der Waals surface area contributed by atoms with Crippen molar-refractivity contribution in [2.45, 2.75) is 97.7 Å².